The zero-order chi connectivity index (χ0) is 14.2. The molecule has 2 aromatic rings. The van der Waals surface area contributed by atoms with E-state index in [1.165, 1.54) is 12.1 Å². The number of hydrogen-bond donors (Lipinski definition) is 0. The second-order valence-corrected chi connectivity index (χ2v) is 5.11. The third kappa shape index (κ3) is 2.69. The van der Waals surface area contributed by atoms with E-state index in [1.54, 1.807) is 25.1 Å². The van der Waals surface area contributed by atoms with Gasteiger partial charge < -0.3 is 0 Å². The van der Waals surface area contributed by atoms with E-state index in [1.807, 2.05) is 13.8 Å². The summed E-state index contributed by atoms with van der Waals surface area (Å²) >= 11 is 6.02. The smallest absolute Gasteiger partial charge is 0.193 e. The largest absolute Gasteiger partial charge is 0.289 e. The van der Waals surface area contributed by atoms with Crippen molar-refractivity contribution in [3.05, 3.63) is 69.0 Å². The number of benzene rings is 2. The lowest BCUT2D eigenvalue weighted by atomic mass is 9.95. The molecule has 0 saturated heterocycles. The molecular formula is C16H14ClFO. The van der Waals surface area contributed by atoms with Crippen LogP contribution in [0.15, 0.2) is 30.3 Å². The molecule has 0 N–H and O–H groups in total. The van der Waals surface area contributed by atoms with Crippen molar-refractivity contribution in [3.8, 4) is 0 Å². The van der Waals surface area contributed by atoms with Crippen molar-refractivity contribution < 1.29 is 9.18 Å². The van der Waals surface area contributed by atoms with Crippen molar-refractivity contribution in [2.75, 3.05) is 0 Å². The molecule has 0 radical (unpaired) electrons. The lowest BCUT2D eigenvalue weighted by Crippen LogP contribution is -2.07. The van der Waals surface area contributed by atoms with Crippen LogP contribution in [0.5, 0.6) is 0 Å². The maximum atomic E-state index is 13.3. The Morgan fingerprint density at radius 3 is 2.26 bits per heavy atom. The second kappa shape index (κ2) is 5.14. The van der Waals surface area contributed by atoms with Crippen LogP contribution in [0, 0.1) is 26.6 Å². The number of aryl methyl sites for hydroxylation is 3. The molecule has 19 heavy (non-hydrogen) atoms. The van der Waals surface area contributed by atoms with Gasteiger partial charge in [0.05, 0.1) is 0 Å². The topological polar surface area (TPSA) is 17.1 Å². The van der Waals surface area contributed by atoms with Crippen LogP contribution in [0.4, 0.5) is 4.39 Å². The highest BCUT2D eigenvalue weighted by Gasteiger charge is 2.16. The van der Waals surface area contributed by atoms with E-state index < -0.39 is 5.82 Å². The lowest BCUT2D eigenvalue weighted by Gasteiger charge is -2.10. The van der Waals surface area contributed by atoms with Gasteiger partial charge >= 0.3 is 0 Å². The Hall–Kier alpha value is -1.67. The van der Waals surface area contributed by atoms with Crippen molar-refractivity contribution in [1.29, 1.82) is 0 Å². The average Bonchev–Trinajstić information content (AvgIpc) is 2.36. The fraction of sp³-hybridized carbons (Fsp3) is 0.188. The van der Waals surface area contributed by atoms with Crippen molar-refractivity contribution in [3.63, 3.8) is 0 Å². The molecule has 0 unspecified atom stereocenters. The molecule has 0 aliphatic rings. The Morgan fingerprint density at radius 2 is 1.58 bits per heavy atom. The number of hydrogen-bond acceptors (Lipinski definition) is 1. The van der Waals surface area contributed by atoms with E-state index >= 15 is 0 Å². The van der Waals surface area contributed by atoms with Crippen LogP contribution in [-0.2, 0) is 0 Å². The maximum absolute atomic E-state index is 13.3. The molecule has 0 saturated carbocycles. The number of carbonyl (C=O) groups is 1. The van der Waals surface area contributed by atoms with Crippen molar-refractivity contribution in [2.24, 2.45) is 0 Å². The number of rotatable bonds is 2. The van der Waals surface area contributed by atoms with Crippen LogP contribution in [-0.4, -0.2) is 5.78 Å². The monoisotopic (exact) mass is 276 g/mol. The van der Waals surface area contributed by atoms with Gasteiger partial charge in [0, 0.05) is 16.1 Å². The second-order valence-electron chi connectivity index (χ2n) is 4.70. The summed E-state index contributed by atoms with van der Waals surface area (Å²) in [6, 6.07) is 7.76. The van der Waals surface area contributed by atoms with E-state index in [0.29, 0.717) is 16.1 Å². The van der Waals surface area contributed by atoms with Crippen LogP contribution in [0.1, 0.15) is 32.6 Å². The Bertz CT molecular complexity index is 662. The molecule has 1 nitrogen and oxygen atoms in total. The molecule has 0 amide bonds. The van der Waals surface area contributed by atoms with E-state index in [0.717, 1.165) is 16.7 Å². The molecule has 0 spiro atoms. The first-order valence-corrected chi connectivity index (χ1v) is 6.35. The summed E-state index contributed by atoms with van der Waals surface area (Å²) in [5, 5.41) is 0.630. The van der Waals surface area contributed by atoms with Crippen LogP contribution in [0.2, 0.25) is 5.02 Å². The summed E-state index contributed by atoms with van der Waals surface area (Å²) in [7, 11) is 0. The average molecular weight is 277 g/mol. The van der Waals surface area contributed by atoms with Crippen molar-refractivity contribution in [1.82, 2.24) is 0 Å². The fourth-order valence-corrected chi connectivity index (χ4v) is 2.23. The minimum absolute atomic E-state index is 0.172. The van der Waals surface area contributed by atoms with Crippen molar-refractivity contribution >= 4 is 17.4 Å². The molecule has 0 fully saturated rings. The Balaban J connectivity index is 2.56. The van der Waals surface area contributed by atoms with Crippen molar-refractivity contribution in [2.45, 2.75) is 20.8 Å². The van der Waals surface area contributed by atoms with E-state index in [9.17, 15) is 9.18 Å². The number of carbonyl (C=O) groups excluding carboxylic acids is 1. The molecular weight excluding hydrogens is 263 g/mol. The van der Waals surface area contributed by atoms with Gasteiger partial charge in [0.2, 0.25) is 0 Å². The minimum atomic E-state index is -0.405. The van der Waals surface area contributed by atoms with E-state index in [2.05, 4.69) is 0 Å². The first kappa shape index (κ1) is 13.8. The van der Waals surface area contributed by atoms with Gasteiger partial charge in [-0.05, 0) is 61.7 Å². The van der Waals surface area contributed by atoms with Crippen LogP contribution >= 0.6 is 11.6 Å². The highest BCUT2D eigenvalue weighted by Crippen LogP contribution is 2.24. The van der Waals surface area contributed by atoms with Gasteiger partial charge in [-0.3, -0.25) is 4.79 Å². The zero-order valence-electron chi connectivity index (χ0n) is 11.1. The molecule has 98 valence electrons. The van der Waals surface area contributed by atoms with Gasteiger partial charge in [-0.2, -0.15) is 0 Å². The SMILES string of the molecule is Cc1cc(C(=O)c2cc(F)ccc2C)c(C)cc1Cl. The molecule has 0 bridgehead atoms. The molecule has 3 heteroatoms. The Kier molecular flexibility index (Phi) is 3.72. The number of ketones is 1. The summed E-state index contributed by atoms with van der Waals surface area (Å²) in [6.45, 7) is 5.47. The summed E-state index contributed by atoms with van der Waals surface area (Å²) < 4.78 is 13.3. The lowest BCUT2D eigenvalue weighted by molar-refractivity contribution is 0.103. The number of halogens is 2. The highest BCUT2D eigenvalue weighted by molar-refractivity contribution is 6.31. The van der Waals surface area contributed by atoms with Gasteiger partial charge in [-0.25, -0.2) is 4.39 Å². The van der Waals surface area contributed by atoms with Gasteiger partial charge in [0.25, 0.3) is 0 Å². The summed E-state index contributed by atoms with van der Waals surface area (Å²) in [5.41, 5.74) is 3.35. The molecule has 2 aromatic carbocycles. The quantitative estimate of drug-likeness (QED) is 0.731. The van der Waals surface area contributed by atoms with Crippen LogP contribution in [0.3, 0.4) is 0 Å². The minimum Gasteiger partial charge on any atom is -0.289 e. The third-order valence-corrected chi connectivity index (χ3v) is 3.60. The molecule has 0 heterocycles. The van der Waals surface area contributed by atoms with Gasteiger partial charge in [0.1, 0.15) is 5.82 Å². The standard InChI is InChI=1S/C16H14ClFO/c1-9-4-5-12(18)8-14(9)16(19)13-6-11(3)15(17)7-10(13)2/h4-8H,1-3H3. The summed E-state index contributed by atoms with van der Waals surface area (Å²) in [5.74, 6) is -0.577. The van der Waals surface area contributed by atoms with Gasteiger partial charge in [-0.15, -0.1) is 0 Å². The Labute approximate surface area is 117 Å². The van der Waals surface area contributed by atoms with E-state index in [4.69, 9.17) is 11.6 Å². The predicted octanol–water partition coefficient (Wildman–Crippen LogP) is 4.64. The van der Waals surface area contributed by atoms with Crippen LogP contribution in [0.25, 0.3) is 0 Å². The van der Waals surface area contributed by atoms with E-state index in [-0.39, 0.29) is 5.78 Å². The molecule has 0 aliphatic carbocycles. The molecule has 0 aliphatic heterocycles. The fourth-order valence-electron chi connectivity index (χ4n) is 2.01. The molecule has 0 atom stereocenters. The normalized spacial score (nSPS) is 10.6. The maximum Gasteiger partial charge on any atom is 0.193 e. The first-order chi connectivity index (χ1) is 8.90. The molecule has 0 aromatic heterocycles. The van der Waals surface area contributed by atoms with Crippen LogP contribution < -0.4 is 0 Å². The van der Waals surface area contributed by atoms with Gasteiger partial charge in [0.15, 0.2) is 5.78 Å². The molecule has 2 rings (SSSR count). The summed E-state index contributed by atoms with van der Waals surface area (Å²) in [4.78, 5) is 12.5. The third-order valence-electron chi connectivity index (χ3n) is 3.19. The van der Waals surface area contributed by atoms with Gasteiger partial charge in [-0.1, -0.05) is 17.7 Å². The summed E-state index contributed by atoms with van der Waals surface area (Å²) in [6.07, 6.45) is 0. The predicted molar refractivity (Wildman–Crippen MR) is 75.5 cm³/mol. The first-order valence-electron chi connectivity index (χ1n) is 5.97. The Morgan fingerprint density at radius 1 is 0.947 bits per heavy atom. The zero-order valence-corrected chi connectivity index (χ0v) is 11.8. The highest BCUT2D eigenvalue weighted by atomic mass is 35.5.